The molecule has 0 aliphatic heterocycles. The highest BCUT2D eigenvalue weighted by Gasteiger charge is 2.22. The van der Waals surface area contributed by atoms with Crippen molar-refractivity contribution in [2.75, 3.05) is 0 Å². The molecule has 3 aromatic rings. The van der Waals surface area contributed by atoms with Crippen LogP contribution in [0, 0.1) is 10.1 Å². The molecule has 0 saturated carbocycles. The fourth-order valence-electron chi connectivity index (χ4n) is 2.62. The van der Waals surface area contributed by atoms with E-state index in [0.717, 1.165) is 6.21 Å². The standard InChI is InChI=1S/C19H17ClN4O5/c1-3-11(2)29-17-12(8-13(20)9-16(17)24(27)28)10-21-23-18(25)14-6-4-5-7-15(14)22-19(23)26/h4-11H,3H2,1-2H3,(H,22,26). The molecular weight excluding hydrogens is 400 g/mol. The van der Waals surface area contributed by atoms with Gasteiger partial charge in [-0.25, -0.2) is 4.79 Å². The Balaban J connectivity index is 2.16. The van der Waals surface area contributed by atoms with E-state index in [1.165, 1.54) is 12.1 Å². The zero-order chi connectivity index (χ0) is 21.1. The lowest BCUT2D eigenvalue weighted by Gasteiger charge is -2.15. The van der Waals surface area contributed by atoms with E-state index in [0.29, 0.717) is 16.6 Å². The second-order valence-electron chi connectivity index (χ2n) is 6.27. The summed E-state index contributed by atoms with van der Waals surface area (Å²) < 4.78 is 6.34. The van der Waals surface area contributed by atoms with Gasteiger partial charge in [-0.05, 0) is 31.5 Å². The fourth-order valence-corrected chi connectivity index (χ4v) is 2.84. The van der Waals surface area contributed by atoms with Crippen molar-refractivity contribution in [2.24, 2.45) is 5.10 Å². The van der Waals surface area contributed by atoms with Crippen LogP contribution in [0.3, 0.4) is 0 Å². The predicted molar refractivity (Wildman–Crippen MR) is 110 cm³/mol. The smallest absolute Gasteiger partial charge is 0.349 e. The number of nitro benzene ring substituents is 1. The number of hydrogen-bond acceptors (Lipinski definition) is 6. The Kier molecular flexibility index (Phi) is 5.79. The van der Waals surface area contributed by atoms with E-state index >= 15 is 0 Å². The first-order valence-electron chi connectivity index (χ1n) is 8.74. The third-order valence-corrected chi connectivity index (χ3v) is 4.47. The van der Waals surface area contributed by atoms with E-state index in [1.54, 1.807) is 31.2 Å². The Hall–Kier alpha value is -3.46. The summed E-state index contributed by atoms with van der Waals surface area (Å²) in [6, 6.07) is 9.09. The van der Waals surface area contributed by atoms with Crippen LogP contribution >= 0.6 is 11.6 Å². The van der Waals surface area contributed by atoms with Crippen LogP contribution in [0.1, 0.15) is 25.8 Å². The summed E-state index contributed by atoms with van der Waals surface area (Å²) in [7, 11) is 0. The molecule has 0 spiro atoms. The lowest BCUT2D eigenvalue weighted by Crippen LogP contribution is -2.32. The maximum Gasteiger partial charge on any atom is 0.349 e. The van der Waals surface area contributed by atoms with Crippen molar-refractivity contribution in [1.82, 2.24) is 9.66 Å². The topological polar surface area (TPSA) is 120 Å². The summed E-state index contributed by atoms with van der Waals surface area (Å²) in [5.41, 5.74) is -1.15. The number of nitrogens with one attached hydrogen (secondary N) is 1. The highest BCUT2D eigenvalue weighted by Crippen LogP contribution is 2.34. The monoisotopic (exact) mass is 416 g/mol. The number of fused-ring (bicyclic) bond motifs is 1. The van der Waals surface area contributed by atoms with Crippen LogP contribution in [0.25, 0.3) is 10.9 Å². The van der Waals surface area contributed by atoms with Crippen molar-refractivity contribution in [3.8, 4) is 5.75 Å². The van der Waals surface area contributed by atoms with Gasteiger partial charge >= 0.3 is 11.4 Å². The summed E-state index contributed by atoms with van der Waals surface area (Å²) in [6.07, 6.45) is 1.44. The van der Waals surface area contributed by atoms with Crippen LogP contribution in [0.15, 0.2) is 51.1 Å². The Morgan fingerprint density at radius 2 is 2.07 bits per heavy atom. The molecule has 1 atom stereocenters. The van der Waals surface area contributed by atoms with E-state index in [2.05, 4.69) is 10.1 Å². The molecule has 0 saturated heterocycles. The minimum absolute atomic E-state index is 0.0391. The molecule has 29 heavy (non-hydrogen) atoms. The number of hydrogen-bond donors (Lipinski definition) is 1. The zero-order valence-corrected chi connectivity index (χ0v) is 16.3. The molecular formula is C19H17ClN4O5. The van der Waals surface area contributed by atoms with Crippen LogP contribution in [-0.2, 0) is 0 Å². The minimum atomic E-state index is -0.745. The summed E-state index contributed by atoms with van der Waals surface area (Å²) in [5.74, 6) is -0.0391. The fraction of sp³-hybridized carbons (Fsp3) is 0.211. The van der Waals surface area contributed by atoms with E-state index in [9.17, 15) is 19.7 Å². The number of aromatic nitrogens is 2. The van der Waals surface area contributed by atoms with Crippen molar-refractivity contribution in [1.29, 1.82) is 0 Å². The van der Waals surface area contributed by atoms with Crippen LogP contribution in [0.2, 0.25) is 5.02 Å². The molecule has 10 heteroatoms. The Morgan fingerprint density at radius 1 is 1.34 bits per heavy atom. The van der Waals surface area contributed by atoms with Gasteiger partial charge in [-0.15, -0.1) is 4.68 Å². The number of H-pyrrole nitrogens is 1. The number of para-hydroxylation sites is 1. The van der Waals surface area contributed by atoms with Gasteiger partial charge in [0.15, 0.2) is 0 Å². The van der Waals surface area contributed by atoms with Gasteiger partial charge in [0.2, 0.25) is 5.75 Å². The predicted octanol–water partition coefficient (Wildman–Crippen LogP) is 3.31. The van der Waals surface area contributed by atoms with Crippen molar-refractivity contribution in [3.63, 3.8) is 0 Å². The Labute approximate surface area is 169 Å². The highest BCUT2D eigenvalue weighted by atomic mass is 35.5. The molecule has 0 radical (unpaired) electrons. The van der Waals surface area contributed by atoms with Gasteiger partial charge in [-0.3, -0.25) is 14.9 Å². The highest BCUT2D eigenvalue weighted by molar-refractivity contribution is 6.31. The Bertz CT molecular complexity index is 1230. The van der Waals surface area contributed by atoms with E-state index in [-0.39, 0.29) is 33.5 Å². The average molecular weight is 417 g/mol. The van der Waals surface area contributed by atoms with Gasteiger partial charge in [-0.2, -0.15) is 5.10 Å². The summed E-state index contributed by atoms with van der Waals surface area (Å²) in [6.45, 7) is 3.63. The second-order valence-corrected chi connectivity index (χ2v) is 6.71. The van der Waals surface area contributed by atoms with Crippen LogP contribution in [0.5, 0.6) is 5.75 Å². The number of rotatable bonds is 6. The molecule has 2 aromatic carbocycles. The first kappa shape index (κ1) is 20.3. The molecule has 0 aliphatic rings. The third-order valence-electron chi connectivity index (χ3n) is 4.25. The summed E-state index contributed by atoms with van der Waals surface area (Å²) in [4.78, 5) is 38.2. The molecule has 1 N–H and O–H groups in total. The van der Waals surface area contributed by atoms with Gasteiger partial charge in [0.05, 0.1) is 28.1 Å². The second kappa shape index (κ2) is 8.27. The molecule has 0 aliphatic carbocycles. The van der Waals surface area contributed by atoms with Gasteiger partial charge in [-0.1, -0.05) is 30.7 Å². The van der Waals surface area contributed by atoms with Crippen LogP contribution < -0.4 is 16.0 Å². The number of ether oxygens (including phenoxy) is 1. The van der Waals surface area contributed by atoms with Gasteiger partial charge < -0.3 is 9.72 Å². The lowest BCUT2D eigenvalue weighted by atomic mass is 10.1. The van der Waals surface area contributed by atoms with Gasteiger partial charge in [0.1, 0.15) is 0 Å². The maximum atomic E-state index is 12.6. The lowest BCUT2D eigenvalue weighted by molar-refractivity contribution is -0.386. The molecule has 150 valence electrons. The zero-order valence-electron chi connectivity index (χ0n) is 15.6. The first-order valence-corrected chi connectivity index (χ1v) is 9.12. The van der Waals surface area contributed by atoms with Crippen LogP contribution in [-0.4, -0.2) is 26.9 Å². The number of nitro groups is 1. The van der Waals surface area contributed by atoms with E-state index in [4.69, 9.17) is 16.3 Å². The van der Waals surface area contributed by atoms with Crippen LogP contribution in [0.4, 0.5) is 5.69 Å². The number of halogens is 1. The minimum Gasteiger partial charge on any atom is -0.483 e. The van der Waals surface area contributed by atoms with Gasteiger partial charge in [0, 0.05) is 16.7 Å². The molecule has 0 bridgehead atoms. The van der Waals surface area contributed by atoms with E-state index in [1.807, 2.05) is 6.92 Å². The largest absolute Gasteiger partial charge is 0.483 e. The van der Waals surface area contributed by atoms with Crippen molar-refractivity contribution in [2.45, 2.75) is 26.4 Å². The van der Waals surface area contributed by atoms with Crippen molar-refractivity contribution in [3.05, 3.63) is 77.9 Å². The van der Waals surface area contributed by atoms with Gasteiger partial charge in [0.25, 0.3) is 5.56 Å². The molecule has 1 unspecified atom stereocenters. The average Bonchev–Trinajstić information content (AvgIpc) is 2.68. The van der Waals surface area contributed by atoms with Crippen molar-refractivity contribution >= 4 is 34.4 Å². The molecule has 1 heterocycles. The number of aromatic amines is 1. The van der Waals surface area contributed by atoms with Crippen molar-refractivity contribution < 1.29 is 9.66 Å². The molecule has 1 aromatic heterocycles. The number of benzene rings is 2. The molecule has 0 amide bonds. The normalized spacial score (nSPS) is 12.4. The SMILES string of the molecule is CCC(C)Oc1c(C=Nn2c(=O)[nH]c3ccccc3c2=O)cc(Cl)cc1[N+](=O)[O-]. The quantitative estimate of drug-likeness (QED) is 0.375. The third kappa shape index (κ3) is 4.19. The number of nitrogens with zero attached hydrogens (tertiary/aromatic N) is 3. The first-order chi connectivity index (χ1) is 13.8. The maximum absolute atomic E-state index is 12.6. The molecule has 0 fully saturated rings. The molecule has 9 nitrogen and oxygen atoms in total. The Morgan fingerprint density at radius 3 is 2.76 bits per heavy atom. The van der Waals surface area contributed by atoms with E-state index < -0.39 is 16.2 Å². The summed E-state index contributed by atoms with van der Waals surface area (Å²) >= 11 is 6.00. The summed E-state index contributed by atoms with van der Waals surface area (Å²) in [5, 5.41) is 15.7. The molecule has 3 rings (SSSR count).